The minimum absolute atomic E-state index is 0. The quantitative estimate of drug-likeness (QED) is 0.351. The van der Waals surface area contributed by atoms with Gasteiger partial charge in [-0.2, -0.15) is 0 Å². The van der Waals surface area contributed by atoms with Gasteiger partial charge in [0.05, 0.1) is 12.2 Å². The van der Waals surface area contributed by atoms with Crippen molar-refractivity contribution in [1.82, 2.24) is 15.6 Å². The van der Waals surface area contributed by atoms with Gasteiger partial charge in [0.15, 0.2) is 5.96 Å². The largest absolute Gasteiger partial charge is 0.357 e. The fourth-order valence-electron chi connectivity index (χ4n) is 2.45. The van der Waals surface area contributed by atoms with Gasteiger partial charge in [-0.3, -0.25) is 0 Å². The smallest absolute Gasteiger partial charge is 0.191 e. The Hall–Kier alpha value is -1.15. The van der Waals surface area contributed by atoms with Gasteiger partial charge in [0.25, 0.3) is 0 Å². The average Bonchev–Trinajstić information content (AvgIpc) is 2.91. The summed E-state index contributed by atoms with van der Waals surface area (Å²) in [6, 6.07) is 10.6. The molecule has 1 aromatic heterocycles. The van der Waals surface area contributed by atoms with E-state index in [0.717, 1.165) is 36.2 Å². The predicted molar refractivity (Wildman–Crippen MR) is 119 cm³/mol. The molecule has 1 aromatic carbocycles. The van der Waals surface area contributed by atoms with Gasteiger partial charge in [0.2, 0.25) is 0 Å². The van der Waals surface area contributed by atoms with Crippen molar-refractivity contribution < 1.29 is 0 Å². The number of halogens is 1. The van der Waals surface area contributed by atoms with Crippen LogP contribution in [0.2, 0.25) is 0 Å². The number of hydrogen-bond acceptors (Lipinski definition) is 3. The van der Waals surface area contributed by atoms with Crippen molar-refractivity contribution in [3.05, 3.63) is 51.5 Å². The van der Waals surface area contributed by atoms with E-state index in [9.17, 15) is 0 Å². The highest BCUT2D eigenvalue weighted by atomic mass is 127. The lowest BCUT2D eigenvalue weighted by molar-refractivity contribution is 0.652. The molecule has 0 aliphatic carbocycles. The van der Waals surface area contributed by atoms with Crippen molar-refractivity contribution in [3.63, 3.8) is 0 Å². The van der Waals surface area contributed by atoms with Gasteiger partial charge in [0.1, 0.15) is 5.01 Å². The van der Waals surface area contributed by atoms with E-state index in [-0.39, 0.29) is 24.0 Å². The van der Waals surface area contributed by atoms with Gasteiger partial charge in [-0.05, 0) is 38.7 Å². The zero-order valence-electron chi connectivity index (χ0n) is 15.5. The number of nitrogens with zero attached hydrogens (tertiary/aromatic N) is 2. The molecular formula is C19H29IN4S. The number of aliphatic imine (C=N–C) groups is 1. The average molecular weight is 472 g/mol. The van der Waals surface area contributed by atoms with E-state index in [4.69, 9.17) is 0 Å². The molecular weight excluding hydrogens is 443 g/mol. The topological polar surface area (TPSA) is 49.3 Å². The third-order valence-electron chi connectivity index (χ3n) is 4.03. The van der Waals surface area contributed by atoms with Crippen LogP contribution in [0.25, 0.3) is 0 Å². The molecule has 1 heterocycles. The van der Waals surface area contributed by atoms with Crippen LogP contribution in [0.3, 0.4) is 0 Å². The highest BCUT2D eigenvalue weighted by Gasteiger charge is 2.06. The molecule has 0 aliphatic rings. The van der Waals surface area contributed by atoms with Crippen molar-refractivity contribution in [2.24, 2.45) is 4.99 Å². The number of benzene rings is 1. The monoisotopic (exact) mass is 472 g/mol. The third kappa shape index (κ3) is 7.32. The minimum atomic E-state index is 0. The maximum atomic E-state index is 4.65. The Labute approximate surface area is 172 Å². The second-order valence-corrected chi connectivity index (χ2v) is 7.26. The Bertz CT molecular complexity index is 635. The number of thiazole rings is 1. The molecule has 0 bridgehead atoms. The van der Waals surface area contributed by atoms with Gasteiger partial charge in [-0.1, -0.05) is 37.3 Å². The SMILES string of the molecule is CCNC(=NCc1nc(C)c(C)s1)NCCC(C)c1ccccc1.I. The summed E-state index contributed by atoms with van der Waals surface area (Å²) < 4.78 is 0. The second kappa shape index (κ2) is 11.5. The molecule has 0 aliphatic heterocycles. The van der Waals surface area contributed by atoms with Gasteiger partial charge in [-0.25, -0.2) is 9.98 Å². The zero-order valence-corrected chi connectivity index (χ0v) is 18.7. The van der Waals surface area contributed by atoms with E-state index in [0.29, 0.717) is 12.5 Å². The lowest BCUT2D eigenvalue weighted by Gasteiger charge is -2.15. The van der Waals surface area contributed by atoms with Gasteiger partial charge < -0.3 is 10.6 Å². The fraction of sp³-hybridized carbons (Fsp3) is 0.474. The molecule has 1 unspecified atom stereocenters. The first-order valence-corrected chi connectivity index (χ1v) is 9.41. The lowest BCUT2D eigenvalue weighted by atomic mass is 9.98. The fourth-order valence-corrected chi connectivity index (χ4v) is 3.31. The zero-order chi connectivity index (χ0) is 17.4. The summed E-state index contributed by atoms with van der Waals surface area (Å²) >= 11 is 1.73. The Morgan fingerprint density at radius 1 is 1.20 bits per heavy atom. The van der Waals surface area contributed by atoms with E-state index in [1.807, 2.05) is 6.92 Å². The van der Waals surface area contributed by atoms with E-state index in [1.54, 1.807) is 11.3 Å². The van der Waals surface area contributed by atoms with E-state index < -0.39 is 0 Å². The van der Waals surface area contributed by atoms with Crippen LogP contribution in [0, 0.1) is 13.8 Å². The van der Waals surface area contributed by atoms with Crippen LogP contribution in [0.5, 0.6) is 0 Å². The van der Waals surface area contributed by atoms with E-state index in [1.165, 1.54) is 10.4 Å². The summed E-state index contributed by atoms with van der Waals surface area (Å²) in [6.45, 7) is 10.9. The normalized spacial score (nSPS) is 12.4. The van der Waals surface area contributed by atoms with Crippen LogP contribution >= 0.6 is 35.3 Å². The summed E-state index contributed by atoms with van der Waals surface area (Å²) in [7, 11) is 0. The molecule has 0 fully saturated rings. The maximum absolute atomic E-state index is 4.65. The molecule has 138 valence electrons. The highest BCUT2D eigenvalue weighted by Crippen LogP contribution is 2.18. The summed E-state index contributed by atoms with van der Waals surface area (Å²) in [4.78, 5) is 10.5. The first-order valence-electron chi connectivity index (χ1n) is 8.60. The van der Waals surface area contributed by atoms with Crippen molar-refractivity contribution in [3.8, 4) is 0 Å². The van der Waals surface area contributed by atoms with Crippen molar-refractivity contribution in [2.75, 3.05) is 13.1 Å². The molecule has 4 nitrogen and oxygen atoms in total. The van der Waals surface area contributed by atoms with Crippen LogP contribution in [0.1, 0.15) is 47.3 Å². The van der Waals surface area contributed by atoms with Crippen LogP contribution in [-0.4, -0.2) is 24.0 Å². The Kier molecular flexibility index (Phi) is 10.0. The number of aryl methyl sites for hydroxylation is 2. The first-order chi connectivity index (χ1) is 11.6. The molecule has 2 aromatic rings. The van der Waals surface area contributed by atoms with Gasteiger partial charge in [0, 0.05) is 18.0 Å². The summed E-state index contributed by atoms with van der Waals surface area (Å²) in [5, 5.41) is 7.80. The number of aromatic nitrogens is 1. The number of rotatable bonds is 7. The summed E-state index contributed by atoms with van der Waals surface area (Å²) in [5.74, 6) is 1.40. The van der Waals surface area contributed by atoms with E-state index in [2.05, 4.69) is 71.7 Å². The van der Waals surface area contributed by atoms with Gasteiger partial charge >= 0.3 is 0 Å². The molecule has 6 heteroatoms. The number of nitrogens with one attached hydrogen (secondary N) is 2. The van der Waals surface area contributed by atoms with Crippen LogP contribution in [-0.2, 0) is 6.54 Å². The molecule has 2 N–H and O–H groups in total. The molecule has 2 rings (SSSR count). The summed E-state index contributed by atoms with van der Waals surface area (Å²) in [6.07, 6.45) is 1.07. The van der Waals surface area contributed by atoms with Gasteiger partial charge in [-0.15, -0.1) is 35.3 Å². The number of hydrogen-bond donors (Lipinski definition) is 2. The van der Waals surface area contributed by atoms with Crippen LogP contribution in [0.15, 0.2) is 35.3 Å². The predicted octanol–water partition coefficient (Wildman–Crippen LogP) is 4.63. The standard InChI is InChI=1S/C19H28N4S.HI/c1-5-20-19(22-13-18-23-15(3)16(4)24-18)21-12-11-14(2)17-9-7-6-8-10-17;/h6-10,14H,5,11-13H2,1-4H3,(H2,20,21,22);1H. The van der Waals surface area contributed by atoms with Crippen molar-refractivity contribution in [1.29, 1.82) is 0 Å². The maximum Gasteiger partial charge on any atom is 0.191 e. The molecule has 1 atom stereocenters. The Morgan fingerprint density at radius 2 is 1.92 bits per heavy atom. The van der Waals surface area contributed by atoms with E-state index >= 15 is 0 Å². The Balaban J connectivity index is 0.00000312. The molecule has 25 heavy (non-hydrogen) atoms. The first kappa shape index (κ1) is 21.9. The van der Waals surface area contributed by atoms with Crippen LogP contribution < -0.4 is 10.6 Å². The third-order valence-corrected chi connectivity index (χ3v) is 5.09. The molecule has 0 amide bonds. The Morgan fingerprint density at radius 3 is 2.52 bits per heavy atom. The molecule has 0 radical (unpaired) electrons. The molecule has 0 saturated carbocycles. The summed E-state index contributed by atoms with van der Waals surface area (Å²) in [5.41, 5.74) is 2.50. The number of guanidine groups is 1. The molecule has 0 saturated heterocycles. The second-order valence-electron chi connectivity index (χ2n) is 5.97. The van der Waals surface area contributed by atoms with Crippen molar-refractivity contribution in [2.45, 2.75) is 46.6 Å². The van der Waals surface area contributed by atoms with Crippen molar-refractivity contribution >= 4 is 41.3 Å². The molecule has 0 spiro atoms. The van der Waals surface area contributed by atoms with Crippen LogP contribution in [0.4, 0.5) is 0 Å². The lowest BCUT2D eigenvalue weighted by Crippen LogP contribution is -2.38. The minimum Gasteiger partial charge on any atom is -0.357 e. The highest BCUT2D eigenvalue weighted by molar-refractivity contribution is 14.0.